The molecule has 110 valence electrons. The van der Waals surface area contributed by atoms with Crippen LogP contribution in [0.4, 0.5) is 0 Å². The number of hydrogen-bond acceptors (Lipinski definition) is 4. The van der Waals surface area contributed by atoms with E-state index in [1.165, 1.54) is 0 Å². The van der Waals surface area contributed by atoms with Gasteiger partial charge in [0.2, 0.25) is 0 Å². The van der Waals surface area contributed by atoms with Gasteiger partial charge in [-0.1, -0.05) is 60.7 Å². The van der Waals surface area contributed by atoms with E-state index < -0.39 is 10.4 Å². The summed E-state index contributed by atoms with van der Waals surface area (Å²) in [6.07, 6.45) is 0. The van der Waals surface area contributed by atoms with E-state index in [-0.39, 0.29) is 25.0 Å². The van der Waals surface area contributed by atoms with E-state index in [0.717, 1.165) is 11.1 Å². The Labute approximate surface area is 124 Å². The molecule has 2 aromatic carbocycles. The van der Waals surface area contributed by atoms with Gasteiger partial charge in [-0.15, -0.1) is 0 Å². The molecular weight excluding hydrogens is 288 g/mol. The fourth-order valence-electron chi connectivity index (χ4n) is 2.64. The first-order chi connectivity index (χ1) is 10.2. The van der Waals surface area contributed by atoms with Crippen LogP contribution in [0.15, 0.2) is 60.7 Å². The number of rotatable bonds is 2. The van der Waals surface area contributed by atoms with Crippen molar-refractivity contribution in [2.45, 2.75) is 11.8 Å². The Morgan fingerprint density at radius 3 is 1.48 bits per heavy atom. The highest BCUT2D eigenvalue weighted by Crippen LogP contribution is 2.36. The first-order valence-electron chi connectivity index (χ1n) is 6.79. The highest BCUT2D eigenvalue weighted by atomic mass is 32.3. The first-order valence-corrected chi connectivity index (χ1v) is 8.13. The van der Waals surface area contributed by atoms with Crippen LogP contribution in [0, 0.1) is 0 Å². The summed E-state index contributed by atoms with van der Waals surface area (Å²) >= 11 is 0. The molecule has 3 rings (SSSR count). The van der Waals surface area contributed by atoms with Gasteiger partial charge in [0, 0.05) is 11.8 Å². The summed E-state index contributed by atoms with van der Waals surface area (Å²) in [6.45, 7) is 0.178. The zero-order valence-corrected chi connectivity index (χ0v) is 12.2. The highest BCUT2D eigenvalue weighted by molar-refractivity contribution is 7.81. The van der Waals surface area contributed by atoms with Gasteiger partial charge in [-0.25, -0.2) is 8.37 Å². The molecule has 5 heteroatoms. The van der Waals surface area contributed by atoms with Crippen molar-refractivity contribution >= 4 is 10.4 Å². The Morgan fingerprint density at radius 1 is 0.714 bits per heavy atom. The fraction of sp³-hybridized carbons (Fsp3) is 0.250. The fourth-order valence-corrected chi connectivity index (χ4v) is 3.33. The molecule has 0 bridgehead atoms. The number of benzene rings is 2. The molecule has 1 fully saturated rings. The monoisotopic (exact) mass is 304 g/mol. The lowest BCUT2D eigenvalue weighted by molar-refractivity contribution is 0.245. The third-order valence-corrected chi connectivity index (χ3v) is 4.57. The van der Waals surface area contributed by atoms with Gasteiger partial charge in [-0.3, -0.25) is 0 Å². The average Bonchev–Trinajstić information content (AvgIpc) is 2.67. The standard InChI is InChI=1S/C16H16O4S/c17-21(18)19-11-15(13-7-3-1-4-8-13)16(12-20-21)14-9-5-2-6-10-14/h1-10,15-16H,11-12H2/t15-,16-/m1/s1. The lowest BCUT2D eigenvalue weighted by atomic mass is 9.82. The molecule has 0 aliphatic carbocycles. The van der Waals surface area contributed by atoms with E-state index in [1.54, 1.807) is 0 Å². The van der Waals surface area contributed by atoms with Gasteiger partial charge in [0.25, 0.3) is 0 Å². The molecule has 0 spiro atoms. The Hall–Kier alpha value is -1.69. The van der Waals surface area contributed by atoms with E-state index in [0.29, 0.717) is 0 Å². The van der Waals surface area contributed by atoms with E-state index in [1.807, 2.05) is 60.7 Å². The molecule has 1 saturated heterocycles. The quantitative estimate of drug-likeness (QED) is 0.856. The summed E-state index contributed by atoms with van der Waals surface area (Å²) < 4.78 is 33.1. The molecule has 1 heterocycles. The summed E-state index contributed by atoms with van der Waals surface area (Å²) in [5.41, 5.74) is 2.10. The zero-order valence-electron chi connectivity index (χ0n) is 11.4. The van der Waals surface area contributed by atoms with E-state index in [2.05, 4.69) is 0 Å². The van der Waals surface area contributed by atoms with E-state index in [9.17, 15) is 8.42 Å². The molecule has 0 saturated carbocycles. The van der Waals surface area contributed by atoms with Crippen molar-refractivity contribution in [1.82, 2.24) is 0 Å². The van der Waals surface area contributed by atoms with Gasteiger partial charge in [0.1, 0.15) is 0 Å². The molecular formula is C16H16O4S. The smallest absolute Gasteiger partial charge is 0.248 e. The van der Waals surface area contributed by atoms with E-state index in [4.69, 9.17) is 8.37 Å². The maximum absolute atomic E-state index is 11.6. The molecule has 0 unspecified atom stereocenters. The molecule has 4 nitrogen and oxygen atoms in total. The summed E-state index contributed by atoms with van der Waals surface area (Å²) in [6, 6.07) is 19.6. The molecule has 0 radical (unpaired) electrons. The molecule has 0 amide bonds. The van der Waals surface area contributed by atoms with Gasteiger partial charge < -0.3 is 0 Å². The maximum Gasteiger partial charge on any atom is 0.399 e. The van der Waals surface area contributed by atoms with Crippen molar-refractivity contribution in [1.29, 1.82) is 0 Å². The normalized spacial score (nSPS) is 25.1. The van der Waals surface area contributed by atoms with Crippen LogP contribution < -0.4 is 0 Å². The van der Waals surface area contributed by atoms with Crippen LogP contribution in [0.3, 0.4) is 0 Å². The van der Waals surface area contributed by atoms with Crippen molar-refractivity contribution in [3.05, 3.63) is 71.8 Å². The predicted octanol–water partition coefficient (Wildman–Crippen LogP) is 2.85. The van der Waals surface area contributed by atoms with Gasteiger partial charge in [-0.2, -0.15) is 8.42 Å². The Balaban J connectivity index is 2.00. The molecule has 1 aliphatic rings. The summed E-state index contributed by atoms with van der Waals surface area (Å²) in [5.74, 6) is -0.128. The second-order valence-corrected chi connectivity index (χ2v) is 6.30. The van der Waals surface area contributed by atoms with Crippen molar-refractivity contribution in [3.63, 3.8) is 0 Å². The van der Waals surface area contributed by atoms with Crippen molar-refractivity contribution < 1.29 is 16.8 Å². The SMILES string of the molecule is O=S1(=O)OC[C@H](c2ccccc2)[C@@H](c2ccccc2)CO1. The summed E-state index contributed by atoms with van der Waals surface area (Å²) in [4.78, 5) is 0. The van der Waals surface area contributed by atoms with Crippen LogP contribution in [0.1, 0.15) is 23.0 Å². The second-order valence-electron chi connectivity index (χ2n) is 5.01. The molecule has 2 aromatic rings. The largest absolute Gasteiger partial charge is 0.399 e. The Bertz CT molecular complexity index is 627. The summed E-state index contributed by atoms with van der Waals surface area (Å²) in [5, 5.41) is 0. The van der Waals surface area contributed by atoms with Gasteiger partial charge >= 0.3 is 10.4 Å². The van der Waals surface area contributed by atoms with Gasteiger partial charge in [0.15, 0.2) is 0 Å². The third kappa shape index (κ3) is 3.32. The average molecular weight is 304 g/mol. The predicted molar refractivity (Wildman–Crippen MR) is 79.2 cm³/mol. The van der Waals surface area contributed by atoms with Crippen LogP contribution >= 0.6 is 0 Å². The minimum absolute atomic E-state index is 0.0640. The van der Waals surface area contributed by atoms with Crippen LogP contribution in [-0.2, 0) is 18.8 Å². The van der Waals surface area contributed by atoms with Crippen LogP contribution in [0.2, 0.25) is 0 Å². The van der Waals surface area contributed by atoms with Crippen molar-refractivity contribution in [3.8, 4) is 0 Å². The topological polar surface area (TPSA) is 52.6 Å². The van der Waals surface area contributed by atoms with Crippen molar-refractivity contribution in [2.75, 3.05) is 13.2 Å². The maximum atomic E-state index is 11.6. The highest BCUT2D eigenvalue weighted by Gasteiger charge is 2.32. The Kier molecular flexibility index (Phi) is 4.05. The lowest BCUT2D eigenvalue weighted by Gasteiger charge is -2.23. The van der Waals surface area contributed by atoms with Crippen molar-refractivity contribution in [2.24, 2.45) is 0 Å². The van der Waals surface area contributed by atoms with Gasteiger partial charge in [0.05, 0.1) is 13.2 Å². The summed E-state index contributed by atoms with van der Waals surface area (Å²) in [7, 11) is -3.90. The molecule has 0 aromatic heterocycles. The minimum atomic E-state index is -3.90. The van der Waals surface area contributed by atoms with Crippen LogP contribution in [0.25, 0.3) is 0 Å². The van der Waals surface area contributed by atoms with Gasteiger partial charge in [-0.05, 0) is 11.1 Å². The minimum Gasteiger partial charge on any atom is -0.248 e. The van der Waals surface area contributed by atoms with Crippen LogP contribution in [-0.4, -0.2) is 21.6 Å². The van der Waals surface area contributed by atoms with E-state index >= 15 is 0 Å². The second kappa shape index (κ2) is 5.97. The zero-order chi connectivity index (χ0) is 14.7. The van der Waals surface area contributed by atoms with Crippen LogP contribution in [0.5, 0.6) is 0 Å². The molecule has 2 atom stereocenters. The molecule has 21 heavy (non-hydrogen) atoms. The lowest BCUT2D eigenvalue weighted by Crippen LogP contribution is -2.17. The number of hydrogen-bond donors (Lipinski definition) is 0. The molecule has 0 N–H and O–H groups in total. The third-order valence-electron chi connectivity index (χ3n) is 3.73. The molecule has 1 aliphatic heterocycles. The Morgan fingerprint density at radius 2 is 1.10 bits per heavy atom. The first kappa shape index (κ1) is 14.3.